The standard InChI is InChI=1S/C15H9F19O2/c1-3-4-5(2)6(35)36-15(33,34)12(25,26)11(23,24)10(21,22)9(19,20)8(17,18)7(16,13(27,28)29)14(30,31)32/h2-4H2,1H3. The second-order valence-corrected chi connectivity index (χ2v) is 6.79. The molecule has 36 heavy (non-hydrogen) atoms. The van der Waals surface area contributed by atoms with Gasteiger partial charge in [-0.25, -0.2) is 9.18 Å². The van der Waals surface area contributed by atoms with Crippen molar-refractivity contribution in [2.75, 3.05) is 0 Å². The highest BCUT2D eigenvalue weighted by atomic mass is 19.4. The Morgan fingerprint density at radius 1 is 0.583 bits per heavy atom. The lowest BCUT2D eigenvalue weighted by molar-refractivity contribution is -0.481. The van der Waals surface area contributed by atoms with Crippen LogP contribution in [0.15, 0.2) is 12.2 Å². The first-order chi connectivity index (χ1) is 15.4. The molecule has 0 aliphatic heterocycles. The lowest BCUT2D eigenvalue weighted by Gasteiger charge is -2.44. The van der Waals surface area contributed by atoms with Crippen molar-refractivity contribution in [3.63, 3.8) is 0 Å². The minimum Gasteiger partial charge on any atom is -0.393 e. The summed E-state index contributed by atoms with van der Waals surface area (Å²) in [6.07, 6.45) is -25.0. The van der Waals surface area contributed by atoms with E-state index in [1.165, 1.54) is 0 Å². The van der Waals surface area contributed by atoms with Crippen molar-refractivity contribution in [3.05, 3.63) is 12.2 Å². The van der Waals surface area contributed by atoms with Gasteiger partial charge in [0.05, 0.1) is 0 Å². The first kappa shape index (κ1) is 33.9. The Morgan fingerprint density at radius 3 is 1.19 bits per heavy atom. The van der Waals surface area contributed by atoms with Crippen molar-refractivity contribution in [1.82, 2.24) is 0 Å². The molecule has 0 rings (SSSR count). The predicted octanol–water partition coefficient (Wildman–Crippen LogP) is 7.49. The molecule has 0 N–H and O–H groups in total. The molecule has 0 amide bonds. The van der Waals surface area contributed by atoms with Crippen LogP contribution in [0.2, 0.25) is 0 Å². The van der Waals surface area contributed by atoms with E-state index < -0.39 is 71.7 Å². The normalized spacial score (nSPS) is 15.7. The molecule has 0 radical (unpaired) electrons. The van der Waals surface area contributed by atoms with Gasteiger partial charge in [-0.05, 0) is 6.42 Å². The average Bonchev–Trinajstić information content (AvgIpc) is 2.64. The third kappa shape index (κ3) is 4.53. The molecule has 0 spiro atoms. The Hall–Kier alpha value is -2.12. The Kier molecular flexibility index (Phi) is 8.49. The van der Waals surface area contributed by atoms with Crippen molar-refractivity contribution in [1.29, 1.82) is 0 Å². The zero-order chi connectivity index (χ0) is 29.8. The molecule has 0 aromatic carbocycles. The average molecular weight is 582 g/mol. The maximum Gasteiger partial charge on any atom is 0.473 e. The number of esters is 1. The van der Waals surface area contributed by atoms with Gasteiger partial charge in [-0.1, -0.05) is 19.9 Å². The minimum atomic E-state index is -9.13. The fourth-order valence-electron chi connectivity index (χ4n) is 2.16. The van der Waals surface area contributed by atoms with E-state index in [0.717, 1.165) is 6.92 Å². The van der Waals surface area contributed by atoms with Crippen LogP contribution < -0.4 is 0 Å². The summed E-state index contributed by atoms with van der Waals surface area (Å²) in [6.45, 7) is 3.77. The van der Waals surface area contributed by atoms with Crippen LogP contribution in [-0.4, -0.2) is 59.7 Å². The fraction of sp³-hybridized carbons (Fsp3) is 0.800. The summed E-state index contributed by atoms with van der Waals surface area (Å²) in [4.78, 5) is 11.1. The first-order valence-electron chi connectivity index (χ1n) is 8.37. The second kappa shape index (κ2) is 9.02. The van der Waals surface area contributed by atoms with Gasteiger partial charge in [-0.15, -0.1) is 0 Å². The van der Waals surface area contributed by atoms with Gasteiger partial charge >= 0.3 is 59.7 Å². The third-order valence-corrected chi connectivity index (χ3v) is 4.22. The van der Waals surface area contributed by atoms with Crippen molar-refractivity contribution in [3.8, 4) is 0 Å². The minimum absolute atomic E-state index is 0.213. The van der Waals surface area contributed by atoms with E-state index in [4.69, 9.17) is 0 Å². The van der Waals surface area contributed by atoms with E-state index >= 15 is 0 Å². The third-order valence-electron chi connectivity index (χ3n) is 4.22. The molecule has 0 heterocycles. The van der Waals surface area contributed by atoms with Crippen LogP contribution in [0.1, 0.15) is 19.8 Å². The number of carbonyl (C=O) groups excluding carboxylic acids is 1. The second-order valence-electron chi connectivity index (χ2n) is 6.79. The van der Waals surface area contributed by atoms with Crippen LogP contribution in [-0.2, 0) is 9.53 Å². The molecule has 0 saturated carbocycles. The topological polar surface area (TPSA) is 26.3 Å². The molecule has 0 aromatic rings. The molecule has 0 aliphatic rings. The van der Waals surface area contributed by atoms with Gasteiger partial charge in [0, 0.05) is 5.57 Å². The summed E-state index contributed by atoms with van der Waals surface area (Å²) in [5, 5.41) is 0. The number of hydrogen-bond acceptors (Lipinski definition) is 2. The van der Waals surface area contributed by atoms with E-state index in [1.807, 2.05) is 0 Å². The summed E-state index contributed by atoms with van der Waals surface area (Å²) in [7, 11) is 0. The van der Waals surface area contributed by atoms with Gasteiger partial charge in [0.15, 0.2) is 0 Å². The summed E-state index contributed by atoms with van der Waals surface area (Å²) in [6, 6.07) is 0. The van der Waals surface area contributed by atoms with Crippen molar-refractivity contribution in [2.45, 2.75) is 73.5 Å². The van der Waals surface area contributed by atoms with E-state index in [0.29, 0.717) is 0 Å². The fourth-order valence-corrected chi connectivity index (χ4v) is 2.16. The summed E-state index contributed by atoms with van der Waals surface area (Å²) in [5.41, 5.74) is -10.1. The molecule has 0 saturated heterocycles. The number of carbonyl (C=O) groups is 1. The van der Waals surface area contributed by atoms with Gasteiger partial charge in [-0.2, -0.15) is 79.0 Å². The summed E-state index contributed by atoms with van der Waals surface area (Å²) in [5.74, 6) is -47.0. The van der Waals surface area contributed by atoms with Crippen molar-refractivity contribution >= 4 is 5.97 Å². The Balaban J connectivity index is 6.94. The van der Waals surface area contributed by atoms with Gasteiger partial charge in [-0.3, -0.25) is 0 Å². The molecule has 214 valence electrons. The molecule has 0 unspecified atom stereocenters. The molecule has 21 heteroatoms. The monoisotopic (exact) mass is 582 g/mol. The van der Waals surface area contributed by atoms with E-state index in [9.17, 15) is 88.2 Å². The number of rotatable bonds is 10. The van der Waals surface area contributed by atoms with Crippen LogP contribution in [0.4, 0.5) is 83.4 Å². The first-order valence-corrected chi connectivity index (χ1v) is 8.37. The number of alkyl halides is 19. The highest BCUT2D eigenvalue weighted by molar-refractivity contribution is 5.87. The molecule has 2 nitrogen and oxygen atoms in total. The maximum absolute atomic E-state index is 13.6. The van der Waals surface area contributed by atoms with Crippen molar-refractivity contribution < 1.29 is 92.9 Å². The van der Waals surface area contributed by atoms with Crippen LogP contribution in [0.5, 0.6) is 0 Å². The highest BCUT2D eigenvalue weighted by Gasteiger charge is 2.98. The van der Waals surface area contributed by atoms with E-state index in [1.54, 1.807) is 0 Å². The molecule has 0 atom stereocenters. The van der Waals surface area contributed by atoms with Gasteiger partial charge in [0.1, 0.15) is 0 Å². The summed E-state index contributed by atoms with van der Waals surface area (Å²) < 4.78 is 252. The maximum atomic E-state index is 13.6. The molecule has 0 aliphatic carbocycles. The number of halogens is 19. The lowest BCUT2D eigenvalue weighted by atomic mass is 9.84. The molecule has 0 bridgehead atoms. The quantitative estimate of drug-likeness (QED) is 0.152. The van der Waals surface area contributed by atoms with E-state index in [-0.39, 0.29) is 6.42 Å². The zero-order valence-electron chi connectivity index (χ0n) is 16.6. The highest BCUT2D eigenvalue weighted by Crippen LogP contribution is 2.66. The Bertz CT molecular complexity index is 821. The van der Waals surface area contributed by atoms with Gasteiger partial charge < -0.3 is 4.74 Å². The number of ether oxygens (including phenoxy) is 1. The summed E-state index contributed by atoms with van der Waals surface area (Å²) >= 11 is 0. The smallest absolute Gasteiger partial charge is 0.393 e. The van der Waals surface area contributed by atoms with Crippen LogP contribution in [0, 0.1) is 0 Å². The van der Waals surface area contributed by atoms with Gasteiger partial charge in [0.2, 0.25) is 0 Å². The predicted molar refractivity (Wildman–Crippen MR) is 75.8 cm³/mol. The van der Waals surface area contributed by atoms with Gasteiger partial charge in [0.25, 0.3) is 0 Å². The van der Waals surface area contributed by atoms with Crippen molar-refractivity contribution in [2.24, 2.45) is 0 Å². The Morgan fingerprint density at radius 2 is 0.889 bits per heavy atom. The zero-order valence-corrected chi connectivity index (χ0v) is 16.6. The number of hydrogen-bond donors (Lipinski definition) is 0. The molecular weight excluding hydrogens is 573 g/mol. The SMILES string of the molecule is C=C(CCC)C(=O)OC(F)(F)C(F)(F)C(F)(F)C(F)(F)C(F)(F)C(F)(F)C(F)(C(F)(F)F)C(F)(F)F. The van der Waals surface area contributed by atoms with Crippen LogP contribution >= 0.6 is 0 Å². The molecule has 0 aromatic heterocycles. The lowest BCUT2D eigenvalue weighted by Crippen LogP contribution is -2.77. The molecular formula is C15H9F19O2. The van der Waals surface area contributed by atoms with Crippen LogP contribution in [0.3, 0.4) is 0 Å². The Labute approximate surface area is 186 Å². The largest absolute Gasteiger partial charge is 0.473 e. The van der Waals surface area contributed by atoms with E-state index in [2.05, 4.69) is 11.3 Å². The molecule has 0 fully saturated rings. The van der Waals surface area contributed by atoms with Crippen LogP contribution in [0.25, 0.3) is 0 Å².